The number of hydrogen-bond acceptors (Lipinski definition) is 3. The van der Waals surface area contributed by atoms with Crippen molar-refractivity contribution < 1.29 is 4.52 Å². The van der Waals surface area contributed by atoms with Crippen molar-refractivity contribution in [2.24, 2.45) is 0 Å². The lowest BCUT2D eigenvalue weighted by molar-refractivity contribution is 0.422. The van der Waals surface area contributed by atoms with E-state index in [1.165, 1.54) is 3.57 Å². The maximum Gasteiger partial charge on any atom is 0.257 e. The van der Waals surface area contributed by atoms with E-state index >= 15 is 0 Å². The van der Waals surface area contributed by atoms with Crippen molar-refractivity contribution in [3.8, 4) is 11.5 Å². The normalized spacial score (nSPS) is 12.7. The van der Waals surface area contributed by atoms with Gasteiger partial charge < -0.3 is 4.52 Å². The molecule has 5 heteroatoms. The number of halogens is 2. The molecule has 0 aliphatic rings. The van der Waals surface area contributed by atoms with Crippen molar-refractivity contribution in [2.45, 2.75) is 12.3 Å². The van der Waals surface area contributed by atoms with Crippen LogP contribution in [0.2, 0.25) is 0 Å². The van der Waals surface area contributed by atoms with Crippen molar-refractivity contribution in [2.75, 3.05) is 0 Å². The molecule has 78 valence electrons. The van der Waals surface area contributed by atoms with Crippen LogP contribution in [0.25, 0.3) is 11.5 Å². The van der Waals surface area contributed by atoms with Crippen molar-refractivity contribution >= 4 is 34.2 Å². The Hall–Kier alpha value is -0.620. The van der Waals surface area contributed by atoms with Gasteiger partial charge in [-0.05, 0) is 53.8 Å². The molecule has 0 aliphatic carbocycles. The highest BCUT2D eigenvalue weighted by molar-refractivity contribution is 14.1. The fourth-order valence-electron chi connectivity index (χ4n) is 1.11. The van der Waals surface area contributed by atoms with Crippen LogP contribution in [-0.2, 0) is 0 Å². The molecular weight excluding hydrogens is 326 g/mol. The largest absolute Gasteiger partial charge is 0.334 e. The predicted molar refractivity (Wildman–Crippen MR) is 66.7 cm³/mol. The van der Waals surface area contributed by atoms with Gasteiger partial charge in [-0.3, -0.25) is 0 Å². The molecule has 0 saturated carbocycles. The number of nitrogens with zero attached hydrogens (tertiary/aromatic N) is 2. The lowest BCUT2D eigenvalue weighted by Gasteiger charge is -1.93. The monoisotopic (exact) mass is 334 g/mol. The van der Waals surface area contributed by atoms with E-state index in [2.05, 4.69) is 32.7 Å². The Morgan fingerprint density at radius 3 is 2.53 bits per heavy atom. The first-order valence-corrected chi connectivity index (χ1v) is 5.92. The molecule has 1 atom stereocenters. The highest BCUT2D eigenvalue weighted by Crippen LogP contribution is 2.22. The van der Waals surface area contributed by atoms with Gasteiger partial charge in [-0.1, -0.05) is 5.16 Å². The second-order valence-corrected chi connectivity index (χ2v) is 4.98. The summed E-state index contributed by atoms with van der Waals surface area (Å²) in [6, 6.07) is 7.86. The summed E-state index contributed by atoms with van der Waals surface area (Å²) < 4.78 is 6.27. The average Bonchev–Trinajstić information content (AvgIpc) is 2.68. The van der Waals surface area contributed by atoms with Crippen LogP contribution in [-0.4, -0.2) is 10.1 Å². The Labute approximate surface area is 106 Å². The minimum Gasteiger partial charge on any atom is -0.334 e. The van der Waals surface area contributed by atoms with Crippen LogP contribution >= 0.6 is 34.2 Å². The average molecular weight is 335 g/mol. The highest BCUT2D eigenvalue weighted by atomic mass is 127. The molecule has 0 spiro atoms. The first kappa shape index (κ1) is 10.9. The molecule has 3 nitrogen and oxygen atoms in total. The van der Waals surface area contributed by atoms with Crippen molar-refractivity contribution in [3.63, 3.8) is 0 Å². The topological polar surface area (TPSA) is 38.9 Å². The molecule has 1 aromatic carbocycles. The van der Waals surface area contributed by atoms with Crippen LogP contribution in [0.15, 0.2) is 28.8 Å². The third-order valence-corrected chi connectivity index (χ3v) is 2.80. The van der Waals surface area contributed by atoms with Gasteiger partial charge in [0.1, 0.15) is 0 Å². The van der Waals surface area contributed by atoms with Gasteiger partial charge in [0.2, 0.25) is 0 Å². The lowest BCUT2D eigenvalue weighted by atomic mass is 10.2. The van der Waals surface area contributed by atoms with Crippen LogP contribution in [0.4, 0.5) is 0 Å². The summed E-state index contributed by atoms with van der Waals surface area (Å²) in [6.07, 6.45) is 0. The Morgan fingerprint density at radius 1 is 1.33 bits per heavy atom. The van der Waals surface area contributed by atoms with Crippen molar-refractivity contribution in [1.29, 1.82) is 0 Å². The van der Waals surface area contributed by atoms with Crippen LogP contribution in [0.5, 0.6) is 0 Å². The van der Waals surface area contributed by atoms with Gasteiger partial charge in [-0.25, -0.2) is 0 Å². The molecule has 2 aromatic rings. The van der Waals surface area contributed by atoms with Gasteiger partial charge in [-0.2, -0.15) is 4.98 Å². The van der Waals surface area contributed by atoms with E-state index in [-0.39, 0.29) is 5.38 Å². The molecule has 0 saturated heterocycles. The zero-order valence-corrected chi connectivity index (χ0v) is 10.9. The maximum absolute atomic E-state index is 5.84. The van der Waals surface area contributed by atoms with Crippen LogP contribution in [0, 0.1) is 3.57 Å². The molecule has 0 amide bonds. The smallest absolute Gasteiger partial charge is 0.257 e. The first-order chi connectivity index (χ1) is 7.16. The van der Waals surface area contributed by atoms with E-state index < -0.39 is 0 Å². The Balaban J connectivity index is 2.33. The van der Waals surface area contributed by atoms with Crippen molar-refractivity contribution in [3.05, 3.63) is 33.7 Å². The summed E-state index contributed by atoms with van der Waals surface area (Å²) in [5.74, 6) is 1.03. The number of hydrogen-bond donors (Lipinski definition) is 0. The fraction of sp³-hybridized carbons (Fsp3) is 0.200. The summed E-state index contributed by atoms with van der Waals surface area (Å²) in [4.78, 5) is 4.20. The van der Waals surface area contributed by atoms with E-state index in [1.807, 2.05) is 31.2 Å². The van der Waals surface area contributed by atoms with E-state index in [1.54, 1.807) is 0 Å². The quantitative estimate of drug-likeness (QED) is 0.622. The summed E-state index contributed by atoms with van der Waals surface area (Å²) in [7, 11) is 0. The van der Waals surface area contributed by atoms with Crippen LogP contribution in [0.1, 0.15) is 18.1 Å². The second-order valence-electron chi connectivity index (χ2n) is 3.08. The van der Waals surface area contributed by atoms with E-state index in [9.17, 15) is 0 Å². The third kappa shape index (κ3) is 2.49. The number of rotatable bonds is 2. The second kappa shape index (κ2) is 4.49. The molecule has 0 bridgehead atoms. The van der Waals surface area contributed by atoms with Gasteiger partial charge in [0.05, 0.1) is 5.38 Å². The van der Waals surface area contributed by atoms with Crippen LogP contribution < -0.4 is 0 Å². The number of benzene rings is 1. The molecule has 0 fully saturated rings. The van der Waals surface area contributed by atoms with E-state index in [4.69, 9.17) is 16.1 Å². The lowest BCUT2D eigenvalue weighted by Crippen LogP contribution is -1.86. The summed E-state index contributed by atoms with van der Waals surface area (Å²) in [5.41, 5.74) is 0.909. The summed E-state index contributed by atoms with van der Waals surface area (Å²) >= 11 is 8.09. The fourth-order valence-corrected chi connectivity index (χ4v) is 1.55. The zero-order valence-electron chi connectivity index (χ0n) is 7.95. The SMILES string of the molecule is CC(Cl)c1noc(-c2ccc(I)cc2)n1. The Morgan fingerprint density at radius 2 is 2.00 bits per heavy atom. The van der Waals surface area contributed by atoms with E-state index in [0.29, 0.717) is 11.7 Å². The van der Waals surface area contributed by atoms with E-state index in [0.717, 1.165) is 5.56 Å². The molecule has 2 rings (SSSR count). The van der Waals surface area contributed by atoms with Gasteiger partial charge in [0, 0.05) is 9.13 Å². The maximum atomic E-state index is 5.84. The number of aromatic nitrogens is 2. The van der Waals surface area contributed by atoms with Gasteiger partial charge >= 0.3 is 0 Å². The van der Waals surface area contributed by atoms with Crippen LogP contribution in [0.3, 0.4) is 0 Å². The third-order valence-electron chi connectivity index (χ3n) is 1.89. The van der Waals surface area contributed by atoms with Gasteiger partial charge in [0.25, 0.3) is 5.89 Å². The minimum atomic E-state index is -0.230. The number of alkyl halides is 1. The molecule has 1 aromatic heterocycles. The van der Waals surface area contributed by atoms with Gasteiger partial charge in [-0.15, -0.1) is 11.6 Å². The molecule has 0 N–H and O–H groups in total. The van der Waals surface area contributed by atoms with Gasteiger partial charge in [0.15, 0.2) is 5.82 Å². The summed E-state index contributed by atoms with van der Waals surface area (Å²) in [5, 5.41) is 3.56. The molecular formula is C10H8ClIN2O. The first-order valence-electron chi connectivity index (χ1n) is 4.40. The van der Waals surface area contributed by atoms with Crippen molar-refractivity contribution in [1.82, 2.24) is 10.1 Å². The molecule has 0 radical (unpaired) electrons. The minimum absolute atomic E-state index is 0.230. The standard InChI is InChI=1S/C10H8ClIN2O/c1-6(11)9-13-10(15-14-9)7-2-4-8(12)5-3-7/h2-6H,1H3. The summed E-state index contributed by atoms with van der Waals surface area (Å²) in [6.45, 7) is 1.81. The predicted octanol–water partition coefficient (Wildman–Crippen LogP) is 3.64. The zero-order chi connectivity index (χ0) is 10.8. The molecule has 0 aliphatic heterocycles. The highest BCUT2D eigenvalue weighted by Gasteiger charge is 2.12. The Bertz CT molecular complexity index is 453. The Kier molecular flexibility index (Phi) is 3.25. The molecule has 15 heavy (non-hydrogen) atoms. The molecule has 1 unspecified atom stereocenters. The molecule has 1 heterocycles.